The van der Waals surface area contributed by atoms with Crippen LogP contribution in [0.25, 0.3) is 0 Å². The quantitative estimate of drug-likeness (QED) is 0.719. The molecule has 0 saturated heterocycles. The van der Waals surface area contributed by atoms with E-state index in [0.29, 0.717) is 6.04 Å². The summed E-state index contributed by atoms with van der Waals surface area (Å²) >= 11 is 1.55. The van der Waals surface area contributed by atoms with E-state index in [2.05, 4.69) is 31.3 Å². The van der Waals surface area contributed by atoms with Crippen molar-refractivity contribution < 1.29 is 4.79 Å². The summed E-state index contributed by atoms with van der Waals surface area (Å²) in [6.45, 7) is 7.31. The van der Waals surface area contributed by atoms with Gasteiger partial charge in [-0.3, -0.25) is 4.79 Å². The van der Waals surface area contributed by atoms with Gasteiger partial charge in [-0.25, -0.2) is 0 Å². The van der Waals surface area contributed by atoms with Crippen molar-refractivity contribution in [3.63, 3.8) is 0 Å². The Morgan fingerprint density at radius 1 is 1.42 bits per heavy atom. The maximum absolute atomic E-state index is 11.3. The minimum atomic E-state index is -0.241. The largest absolute Gasteiger partial charge is 0.369 e. The highest BCUT2D eigenvalue weighted by Gasteiger charge is 2.15. The number of hydrogen-bond donors (Lipinski definition) is 2. The van der Waals surface area contributed by atoms with Crippen LogP contribution in [-0.4, -0.2) is 17.7 Å². The van der Waals surface area contributed by atoms with Crippen LogP contribution in [0.4, 0.5) is 0 Å². The van der Waals surface area contributed by atoms with Crippen LogP contribution in [0.5, 0.6) is 0 Å². The van der Waals surface area contributed by atoms with Gasteiger partial charge in [0.1, 0.15) is 0 Å². The van der Waals surface area contributed by atoms with Crippen molar-refractivity contribution in [2.45, 2.75) is 49.8 Å². The second-order valence-electron chi connectivity index (χ2n) is 4.67. The lowest BCUT2D eigenvalue weighted by Gasteiger charge is -2.16. The number of hydrogen-bond acceptors (Lipinski definition) is 3. The van der Waals surface area contributed by atoms with Gasteiger partial charge in [0.15, 0.2) is 0 Å². The van der Waals surface area contributed by atoms with Gasteiger partial charge in [-0.05, 0) is 44.0 Å². The molecule has 0 fully saturated rings. The number of nitrogens with one attached hydrogen (secondary N) is 1. The molecule has 1 amide bonds. The monoisotopic (exact) mass is 280 g/mol. The minimum Gasteiger partial charge on any atom is -0.369 e. The first-order chi connectivity index (χ1) is 9.08. The maximum atomic E-state index is 11.3. The number of carbonyl (C=O) groups is 1. The number of carbonyl (C=O) groups excluding carboxylic acids is 1. The van der Waals surface area contributed by atoms with Gasteiger partial charge in [0.05, 0.1) is 5.25 Å². The van der Waals surface area contributed by atoms with E-state index in [0.717, 1.165) is 24.3 Å². The Bertz CT molecular complexity index is 409. The van der Waals surface area contributed by atoms with Gasteiger partial charge in [-0.15, -0.1) is 11.8 Å². The molecule has 19 heavy (non-hydrogen) atoms. The molecule has 3 N–H and O–H groups in total. The zero-order valence-electron chi connectivity index (χ0n) is 12.0. The Morgan fingerprint density at radius 2 is 2.16 bits per heavy atom. The third kappa shape index (κ3) is 5.25. The molecule has 4 heteroatoms. The number of amides is 1. The highest BCUT2D eigenvalue weighted by molar-refractivity contribution is 8.00. The van der Waals surface area contributed by atoms with Crippen LogP contribution in [0.1, 0.15) is 45.2 Å². The average molecular weight is 280 g/mol. The Labute approximate surface area is 120 Å². The van der Waals surface area contributed by atoms with E-state index in [4.69, 9.17) is 5.73 Å². The molecule has 0 bridgehead atoms. The fraction of sp³-hybridized carbons (Fsp3) is 0.533. The summed E-state index contributed by atoms with van der Waals surface area (Å²) in [5.74, 6) is -0.241. The number of thioether (sulfide) groups is 1. The van der Waals surface area contributed by atoms with Gasteiger partial charge in [0.2, 0.25) is 5.91 Å². The lowest BCUT2D eigenvalue weighted by atomic mass is 10.1. The molecule has 0 aromatic heterocycles. The Kier molecular flexibility index (Phi) is 6.95. The van der Waals surface area contributed by atoms with Crippen molar-refractivity contribution in [1.82, 2.24) is 5.32 Å². The highest BCUT2D eigenvalue weighted by atomic mass is 32.2. The van der Waals surface area contributed by atoms with Crippen molar-refractivity contribution in [3.05, 3.63) is 29.8 Å². The molecular weight excluding hydrogens is 256 g/mol. The van der Waals surface area contributed by atoms with E-state index in [1.54, 1.807) is 11.8 Å². The van der Waals surface area contributed by atoms with E-state index in [1.165, 1.54) is 5.56 Å². The molecule has 3 nitrogen and oxygen atoms in total. The highest BCUT2D eigenvalue weighted by Crippen LogP contribution is 2.27. The minimum absolute atomic E-state index is 0.144. The molecule has 0 saturated carbocycles. The standard InChI is InChI=1S/C15H24N2OS/c1-4-9-17-11(3)12-7-6-8-13(10-12)19-14(5-2)15(16)18/h6-8,10-11,14,17H,4-5,9H2,1-3H3,(H2,16,18). The lowest BCUT2D eigenvalue weighted by Crippen LogP contribution is -2.24. The third-order valence-electron chi connectivity index (χ3n) is 3.03. The molecule has 0 radical (unpaired) electrons. The zero-order chi connectivity index (χ0) is 14.3. The zero-order valence-corrected chi connectivity index (χ0v) is 12.8. The molecule has 106 valence electrons. The summed E-state index contributed by atoms with van der Waals surface area (Å²) in [4.78, 5) is 12.4. The van der Waals surface area contributed by atoms with Crippen molar-refractivity contribution in [1.29, 1.82) is 0 Å². The van der Waals surface area contributed by atoms with Crippen molar-refractivity contribution in [2.24, 2.45) is 5.73 Å². The number of rotatable bonds is 8. The molecule has 2 atom stereocenters. The number of benzene rings is 1. The molecule has 0 aliphatic rings. The summed E-state index contributed by atoms with van der Waals surface area (Å²) < 4.78 is 0. The van der Waals surface area contributed by atoms with E-state index < -0.39 is 0 Å². The van der Waals surface area contributed by atoms with Crippen LogP contribution < -0.4 is 11.1 Å². The fourth-order valence-corrected chi connectivity index (χ4v) is 2.82. The van der Waals surface area contributed by atoms with Gasteiger partial charge < -0.3 is 11.1 Å². The van der Waals surface area contributed by atoms with Crippen molar-refractivity contribution >= 4 is 17.7 Å². The smallest absolute Gasteiger partial charge is 0.230 e. The van der Waals surface area contributed by atoms with Gasteiger partial charge in [0, 0.05) is 10.9 Å². The van der Waals surface area contributed by atoms with Crippen LogP contribution >= 0.6 is 11.8 Å². The Balaban J connectivity index is 2.73. The van der Waals surface area contributed by atoms with E-state index in [9.17, 15) is 4.79 Å². The molecule has 0 heterocycles. The van der Waals surface area contributed by atoms with E-state index >= 15 is 0 Å². The molecule has 2 unspecified atom stereocenters. The molecule has 1 aromatic carbocycles. The third-order valence-corrected chi connectivity index (χ3v) is 4.40. The van der Waals surface area contributed by atoms with Crippen molar-refractivity contribution in [2.75, 3.05) is 6.54 Å². The maximum Gasteiger partial charge on any atom is 0.230 e. The average Bonchev–Trinajstić information content (AvgIpc) is 2.42. The summed E-state index contributed by atoms with van der Waals surface area (Å²) in [5, 5.41) is 3.32. The summed E-state index contributed by atoms with van der Waals surface area (Å²) in [6, 6.07) is 8.66. The van der Waals surface area contributed by atoms with Crippen LogP contribution in [0.15, 0.2) is 29.2 Å². The molecule has 1 rings (SSSR count). The van der Waals surface area contributed by atoms with Crippen molar-refractivity contribution in [3.8, 4) is 0 Å². The van der Waals surface area contributed by atoms with E-state index in [-0.39, 0.29) is 11.2 Å². The first-order valence-electron chi connectivity index (χ1n) is 6.87. The SMILES string of the molecule is CCCNC(C)c1cccc(SC(CC)C(N)=O)c1. The number of primary amides is 1. The summed E-state index contributed by atoms with van der Waals surface area (Å²) in [7, 11) is 0. The first kappa shape index (κ1) is 16.1. The second kappa shape index (κ2) is 8.23. The van der Waals surface area contributed by atoms with Gasteiger partial charge in [-0.2, -0.15) is 0 Å². The first-order valence-corrected chi connectivity index (χ1v) is 7.75. The van der Waals surface area contributed by atoms with Crippen LogP contribution in [-0.2, 0) is 4.79 Å². The number of nitrogens with two attached hydrogens (primary N) is 1. The summed E-state index contributed by atoms with van der Waals surface area (Å²) in [6.07, 6.45) is 1.88. The molecule has 1 aromatic rings. The molecule has 0 spiro atoms. The van der Waals surface area contributed by atoms with Gasteiger partial charge in [0.25, 0.3) is 0 Å². The fourth-order valence-electron chi connectivity index (χ4n) is 1.84. The Hall–Kier alpha value is -1.00. The van der Waals surface area contributed by atoms with E-state index in [1.807, 2.05) is 19.1 Å². The van der Waals surface area contributed by atoms with Crippen LogP contribution in [0.2, 0.25) is 0 Å². The topological polar surface area (TPSA) is 55.1 Å². The lowest BCUT2D eigenvalue weighted by molar-refractivity contribution is -0.117. The normalized spacial score (nSPS) is 14.1. The predicted octanol–water partition coefficient (Wildman–Crippen LogP) is 3.10. The molecule has 0 aliphatic heterocycles. The van der Waals surface area contributed by atoms with Gasteiger partial charge >= 0.3 is 0 Å². The summed E-state index contributed by atoms with van der Waals surface area (Å²) in [5.41, 5.74) is 6.63. The van der Waals surface area contributed by atoms with Crippen LogP contribution in [0, 0.1) is 0 Å². The van der Waals surface area contributed by atoms with Gasteiger partial charge in [-0.1, -0.05) is 26.0 Å². The second-order valence-corrected chi connectivity index (χ2v) is 5.94. The molecule has 0 aliphatic carbocycles. The Morgan fingerprint density at radius 3 is 2.74 bits per heavy atom. The van der Waals surface area contributed by atoms with Crippen LogP contribution in [0.3, 0.4) is 0 Å². The molecular formula is C15H24N2OS. The predicted molar refractivity (Wildman–Crippen MR) is 82.3 cm³/mol.